The number of nitrogens with zero attached hydrogens (tertiary/aromatic N) is 1. The summed E-state index contributed by atoms with van der Waals surface area (Å²) in [4.78, 5) is 2.41. The molecule has 0 spiro atoms. The molecule has 0 aliphatic heterocycles. The van der Waals surface area contributed by atoms with Gasteiger partial charge in [-0.1, -0.05) is 146 Å². The first-order chi connectivity index (χ1) is 28.2. The molecular weight excluding hydrogens is 711 g/mol. The highest BCUT2D eigenvalue weighted by molar-refractivity contribution is 7.26. The molecule has 0 aliphatic carbocycles. The van der Waals surface area contributed by atoms with Crippen LogP contribution in [0.4, 0.5) is 17.1 Å². The predicted octanol–water partition coefficient (Wildman–Crippen LogP) is 16.1. The van der Waals surface area contributed by atoms with E-state index in [2.05, 4.69) is 205 Å². The van der Waals surface area contributed by atoms with Crippen LogP contribution in [0.3, 0.4) is 0 Å². The maximum Gasteiger partial charge on any atom is 0.137 e. The third kappa shape index (κ3) is 5.88. The highest BCUT2D eigenvalue weighted by Gasteiger charge is 2.22. The van der Waals surface area contributed by atoms with Crippen molar-refractivity contribution in [3.05, 3.63) is 212 Å². The average Bonchev–Trinajstić information content (AvgIpc) is 3.86. The van der Waals surface area contributed by atoms with Gasteiger partial charge in [-0.3, -0.25) is 0 Å². The van der Waals surface area contributed by atoms with Gasteiger partial charge >= 0.3 is 0 Å². The normalized spacial score (nSPS) is 11.5. The Bertz CT molecular complexity index is 3160. The minimum Gasteiger partial charge on any atom is -0.456 e. The van der Waals surface area contributed by atoms with Crippen molar-refractivity contribution in [2.24, 2.45) is 0 Å². The predicted molar refractivity (Wildman–Crippen MR) is 243 cm³/mol. The molecule has 9 aromatic carbocycles. The number of para-hydroxylation sites is 1. The lowest BCUT2D eigenvalue weighted by molar-refractivity contribution is 0.669. The lowest BCUT2D eigenvalue weighted by Gasteiger charge is -2.27. The largest absolute Gasteiger partial charge is 0.456 e. The first-order valence-electron chi connectivity index (χ1n) is 19.3. The number of furan rings is 1. The van der Waals surface area contributed by atoms with E-state index in [9.17, 15) is 0 Å². The highest BCUT2D eigenvalue weighted by Crippen LogP contribution is 2.49. The fourth-order valence-electron chi connectivity index (χ4n) is 8.31. The second kappa shape index (κ2) is 13.8. The summed E-state index contributed by atoms with van der Waals surface area (Å²) >= 11 is 1.86. The molecule has 2 nitrogen and oxygen atoms in total. The molecule has 3 heteroatoms. The summed E-state index contributed by atoms with van der Waals surface area (Å²) in [5.74, 6) is 0. The molecule has 0 saturated carbocycles. The Morgan fingerprint density at radius 2 is 0.877 bits per heavy atom. The summed E-state index contributed by atoms with van der Waals surface area (Å²) in [6.45, 7) is 0. The van der Waals surface area contributed by atoms with Crippen LogP contribution in [-0.4, -0.2) is 0 Å². The fourth-order valence-corrected chi connectivity index (χ4v) is 9.57. The number of anilines is 3. The smallest absolute Gasteiger partial charge is 0.137 e. The van der Waals surface area contributed by atoms with Crippen LogP contribution in [0.5, 0.6) is 0 Å². The summed E-state index contributed by atoms with van der Waals surface area (Å²) in [6.07, 6.45) is 0. The van der Waals surface area contributed by atoms with E-state index in [-0.39, 0.29) is 0 Å². The molecule has 11 aromatic rings. The molecule has 0 radical (unpaired) electrons. The Morgan fingerprint density at radius 3 is 1.54 bits per heavy atom. The zero-order valence-corrected chi connectivity index (χ0v) is 31.8. The molecular formula is C54H35NOS. The number of thiophene rings is 1. The molecule has 0 atom stereocenters. The van der Waals surface area contributed by atoms with E-state index in [4.69, 9.17) is 4.42 Å². The quantitative estimate of drug-likeness (QED) is 0.162. The Labute approximate surface area is 335 Å². The number of hydrogen-bond acceptors (Lipinski definition) is 3. The van der Waals surface area contributed by atoms with Crippen molar-refractivity contribution in [2.45, 2.75) is 0 Å². The molecule has 0 unspecified atom stereocenters. The number of fused-ring (bicyclic) bond motifs is 6. The van der Waals surface area contributed by atoms with Crippen LogP contribution in [-0.2, 0) is 0 Å². The minimum atomic E-state index is 0.869. The molecule has 0 saturated heterocycles. The summed E-state index contributed by atoms with van der Waals surface area (Å²) in [7, 11) is 0. The first-order valence-corrected chi connectivity index (χ1v) is 20.1. The zero-order chi connectivity index (χ0) is 37.7. The average molecular weight is 746 g/mol. The van der Waals surface area contributed by atoms with E-state index in [0.29, 0.717) is 0 Å². The van der Waals surface area contributed by atoms with Gasteiger partial charge in [-0.15, -0.1) is 11.3 Å². The topological polar surface area (TPSA) is 16.4 Å². The molecule has 0 bridgehead atoms. The summed E-state index contributed by atoms with van der Waals surface area (Å²) in [6, 6.07) is 76.4. The first kappa shape index (κ1) is 33.2. The third-order valence-corrected chi connectivity index (χ3v) is 12.3. The van der Waals surface area contributed by atoms with Gasteiger partial charge < -0.3 is 9.32 Å². The van der Waals surface area contributed by atoms with Crippen molar-refractivity contribution in [3.63, 3.8) is 0 Å². The van der Waals surface area contributed by atoms with Gasteiger partial charge in [0.1, 0.15) is 11.2 Å². The molecule has 2 heterocycles. The van der Waals surface area contributed by atoms with Gasteiger partial charge in [0.2, 0.25) is 0 Å². The van der Waals surface area contributed by atoms with Gasteiger partial charge in [0.25, 0.3) is 0 Å². The van der Waals surface area contributed by atoms with Gasteiger partial charge in [0.05, 0.1) is 5.69 Å². The van der Waals surface area contributed by atoms with Crippen molar-refractivity contribution < 1.29 is 4.42 Å². The van der Waals surface area contributed by atoms with E-state index < -0.39 is 0 Å². The van der Waals surface area contributed by atoms with Gasteiger partial charge in [-0.05, 0) is 105 Å². The van der Waals surface area contributed by atoms with Crippen LogP contribution in [0.1, 0.15) is 0 Å². The van der Waals surface area contributed by atoms with Gasteiger partial charge in [0.15, 0.2) is 0 Å². The fraction of sp³-hybridized carbons (Fsp3) is 0. The number of benzene rings is 9. The van der Waals surface area contributed by atoms with E-state index >= 15 is 0 Å². The zero-order valence-electron chi connectivity index (χ0n) is 31.0. The van der Waals surface area contributed by atoms with Gasteiger partial charge in [-0.2, -0.15) is 0 Å². The highest BCUT2D eigenvalue weighted by atomic mass is 32.1. The summed E-state index contributed by atoms with van der Waals surface area (Å²) in [5, 5.41) is 4.74. The maximum atomic E-state index is 6.48. The molecule has 0 amide bonds. The van der Waals surface area contributed by atoms with Crippen LogP contribution in [0.25, 0.3) is 86.6 Å². The van der Waals surface area contributed by atoms with E-state index in [1.165, 1.54) is 59.1 Å². The van der Waals surface area contributed by atoms with E-state index in [1.807, 2.05) is 23.5 Å². The van der Waals surface area contributed by atoms with Crippen molar-refractivity contribution in [1.82, 2.24) is 0 Å². The lowest BCUT2D eigenvalue weighted by atomic mass is 9.93. The Morgan fingerprint density at radius 1 is 0.351 bits per heavy atom. The summed E-state index contributed by atoms with van der Waals surface area (Å²) < 4.78 is 9.03. The molecule has 0 fully saturated rings. The van der Waals surface area contributed by atoms with E-state index in [1.54, 1.807) is 0 Å². The van der Waals surface area contributed by atoms with Crippen LogP contribution in [0.2, 0.25) is 0 Å². The van der Waals surface area contributed by atoms with Gasteiger partial charge in [0, 0.05) is 48.4 Å². The van der Waals surface area contributed by atoms with Crippen LogP contribution in [0.15, 0.2) is 217 Å². The lowest BCUT2D eigenvalue weighted by Crippen LogP contribution is -2.10. The van der Waals surface area contributed by atoms with Crippen molar-refractivity contribution >= 4 is 70.5 Å². The molecule has 0 aliphatic rings. The third-order valence-electron chi connectivity index (χ3n) is 11.1. The molecule has 0 N–H and O–H groups in total. The molecule has 268 valence electrons. The van der Waals surface area contributed by atoms with Gasteiger partial charge in [-0.25, -0.2) is 0 Å². The molecule has 2 aromatic heterocycles. The Hall–Kier alpha value is -7.20. The van der Waals surface area contributed by atoms with Crippen LogP contribution >= 0.6 is 11.3 Å². The number of rotatable bonds is 7. The standard InChI is InChI=1S/C54H35NOS/c1-4-14-36(15-5-1)40-32-41(37-16-6-2-7-17-37)34-42(33-40)38-24-26-43(27-25-38)55(44-28-29-47-46-20-10-12-22-50(46)56-51(47)35-44)49-31-30-45(39-18-8-3-9-19-39)54-53(49)48-21-11-13-23-52(48)57-54/h1-35H. The van der Waals surface area contributed by atoms with Crippen molar-refractivity contribution in [3.8, 4) is 44.5 Å². The Kier molecular flexibility index (Phi) is 8.04. The number of hydrogen-bond donors (Lipinski definition) is 0. The SMILES string of the molecule is c1ccc(-c2cc(-c3ccccc3)cc(-c3ccc(N(c4ccc5c(c4)oc4ccccc45)c4ccc(-c5ccccc5)c5sc6ccccc6c45)cc3)c2)cc1. The summed E-state index contributed by atoms with van der Waals surface area (Å²) in [5.41, 5.74) is 14.6. The second-order valence-corrected chi connectivity index (χ2v) is 15.5. The Balaban J connectivity index is 1.11. The monoisotopic (exact) mass is 745 g/mol. The van der Waals surface area contributed by atoms with Crippen LogP contribution in [0, 0.1) is 0 Å². The maximum absolute atomic E-state index is 6.48. The minimum absolute atomic E-state index is 0.869. The van der Waals surface area contributed by atoms with Crippen molar-refractivity contribution in [2.75, 3.05) is 4.90 Å². The second-order valence-electron chi connectivity index (χ2n) is 14.5. The van der Waals surface area contributed by atoms with Crippen LogP contribution < -0.4 is 4.90 Å². The molecule has 57 heavy (non-hydrogen) atoms. The van der Waals surface area contributed by atoms with Crippen molar-refractivity contribution in [1.29, 1.82) is 0 Å². The molecule has 11 rings (SSSR count). The van der Waals surface area contributed by atoms with E-state index in [0.717, 1.165) is 44.6 Å².